The van der Waals surface area contributed by atoms with E-state index in [-0.39, 0.29) is 12.3 Å². The highest BCUT2D eigenvalue weighted by atomic mass is 79.9. The summed E-state index contributed by atoms with van der Waals surface area (Å²) in [6.07, 6.45) is 2.19. The molecule has 0 saturated heterocycles. The van der Waals surface area contributed by atoms with Crippen molar-refractivity contribution in [2.45, 2.75) is 25.4 Å². The van der Waals surface area contributed by atoms with Gasteiger partial charge in [0.25, 0.3) is 5.78 Å². The Labute approximate surface area is 176 Å². The van der Waals surface area contributed by atoms with Crippen LogP contribution in [0, 0.1) is 13.8 Å². The lowest BCUT2D eigenvalue weighted by Gasteiger charge is -2.19. The van der Waals surface area contributed by atoms with Crippen LogP contribution < -0.4 is 4.74 Å². The van der Waals surface area contributed by atoms with E-state index >= 15 is 0 Å². The van der Waals surface area contributed by atoms with Crippen molar-refractivity contribution in [2.75, 3.05) is 26.5 Å². The van der Waals surface area contributed by atoms with Crippen molar-refractivity contribution >= 4 is 39.4 Å². The van der Waals surface area contributed by atoms with E-state index in [2.05, 4.69) is 31.0 Å². The maximum atomic E-state index is 12.7. The predicted molar refractivity (Wildman–Crippen MR) is 113 cm³/mol. The number of rotatable bonds is 7. The zero-order chi connectivity index (χ0) is 20.3. The number of ether oxygens (including phenoxy) is 1. The number of hydrogen-bond acceptors (Lipinski definition) is 6. The van der Waals surface area contributed by atoms with Gasteiger partial charge in [-0.15, -0.1) is 5.10 Å². The van der Waals surface area contributed by atoms with Gasteiger partial charge in [-0.1, -0.05) is 27.7 Å². The van der Waals surface area contributed by atoms with Gasteiger partial charge >= 0.3 is 0 Å². The number of thioether (sulfide) groups is 1. The quantitative estimate of drug-likeness (QED) is 0.500. The van der Waals surface area contributed by atoms with E-state index in [0.717, 1.165) is 27.2 Å². The molecular formula is C19H22BrN5O2S. The van der Waals surface area contributed by atoms with E-state index in [1.54, 1.807) is 16.5 Å². The van der Waals surface area contributed by atoms with Crippen LogP contribution in [0.15, 0.2) is 33.9 Å². The first-order valence-corrected chi connectivity index (χ1v) is 10.8. The van der Waals surface area contributed by atoms with Crippen molar-refractivity contribution in [3.05, 3.63) is 45.7 Å². The van der Waals surface area contributed by atoms with Crippen LogP contribution in [0.4, 0.5) is 0 Å². The molecule has 0 aliphatic rings. The van der Waals surface area contributed by atoms with Gasteiger partial charge in [0.1, 0.15) is 12.4 Å². The third-order valence-electron chi connectivity index (χ3n) is 4.47. The maximum absolute atomic E-state index is 12.7. The van der Waals surface area contributed by atoms with Gasteiger partial charge in [0, 0.05) is 28.5 Å². The fraction of sp³-hybridized carbons (Fsp3) is 0.368. The number of hydrogen-bond donors (Lipinski definition) is 0. The van der Waals surface area contributed by atoms with Crippen LogP contribution in [0.3, 0.4) is 0 Å². The van der Waals surface area contributed by atoms with Gasteiger partial charge < -0.3 is 9.64 Å². The summed E-state index contributed by atoms with van der Waals surface area (Å²) < 4.78 is 8.41. The van der Waals surface area contributed by atoms with Gasteiger partial charge in [0.15, 0.2) is 0 Å². The van der Waals surface area contributed by atoms with Crippen LogP contribution in [-0.4, -0.2) is 56.8 Å². The molecule has 0 spiro atoms. The van der Waals surface area contributed by atoms with Gasteiger partial charge in [0.2, 0.25) is 11.1 Å². The fourth-order valence-electron chi connectivity index (χ4n) is 2.77. The molecule has 0 fully saturated rings. The molecule has 9 heteroatoms. The van der Waals surface area contributed by atoms with E-state index in [0.29, 0.717) is 24.1 Å². The minimum absolute atomic E-state index is 0.0111. The third-order valence-corrected chi connectivity index (χ3v) is 5.54. The van der Waals surface area contributed by atoms with Crippen molar-refractivity contribution in [3.8, 4) is 5.75 Å². The van der Waals surface area contributed by atoms with Gasteiger partial charge in [0.05, 0.1) is 13.0 Å². The molecule has 7 nitrogen and oxygen atoms in total. The molecule has 148 valence electrons. The number of amides is 1. The molecule has 0 saturated carbocycles. The second kappa shape index (κ2) is 8.91. The van der Waals surface area contributed by atoms with Crippen LogP contribution in [0.5, 0.6) is 5.75 Å². The molecule has 0 aliphatic carbocycles. The Kier molecular flexibility index (Phi) is 6.56. The third kappa shape index (κ3) is 4.64. The zero-order valence-corrected chi connectivity index (χ0v) is 18.7. The highest BCUT2D eigenvalue weighted by Gasteiger charge is 2.18. The summed E-state index contributed by atoms with van der Waals surface area (Å²) in [6.45, 7) is 4.78. The number of aromatic nitrogens is 4. The number of fused-ring (bicyclic) bond motifs is 1. The average molecular weight is 464 g/mol. The SMILES string of the molecule is CSc1nc2nc(C)c(CC(=O)N(C)CCOc3ccc(Br)cc3)c(C)n2n1. The second-order valence-electron chi connectivity index (χ2n) is 6.37. The first kappa shape index (κ1) is 20.6. The molecule has 0 bridgehead atoms. The molecule has 2 heterocycles. The molecular weight excluding hydrogens is 442 g/mol. The standard InChI is InChI=1S/C19H22BrN5O2S/c1-12-16(13(2)25-18(21-12)22-19(23-25)28-4)11-17(26)24(3)9-10-27-15-7-5-14(20)6-8-15/h5-8H,9-11H2,1-4H3. The van der Waals surface area contributed by atoms with E-state index in [1.165, 1.54) is 11.8 Å². The number of likely N-dealkylation sites (N-methyl/N-ethyl adjacent to an activating group) is 1. The van der Waals surface area contributed by atoms with Crippen LogP contribution in [0.25, 0.3) is 5.78 Å². The number of halogens is 1. The molecule has 1 aromatic carbocycles. The van der Waals surface area contributed by atoms with E-state index < -0.39 is 0 Å². The van der Waals surface area contributed by atoms with E-state index in [9.17, 15) is 4.79 Å². The van der Waals surface area contributed by atoms with Crippen LogP contribution in [0.2, 0.25) is 0 Å². The Morgan fingerprint density at radius 1 is 1.25 bits per heavy atom. The summed E-state index contributed by atoms with van der Waals surface area (Å²) >= 11 is 4.86. The Balaban J connectivity index is 1.63. The summed E-state index contributed by atoms with van der Waals surface area (Å²) in [5.41, 5.74) is 2.58. The molecule has 0 aliphatic heterocycles. The first-order chi connectivity index (χ1) is 13.4. The summed E-state index contributed by atoms with van der Waals surface area (Å²) in [6, 6.07) is 7.62. The maximum Gasteiger partial charge on any atom is 0.253 e. The molecule has 1 amide bonds. The molecule has 0 unspecified atom stereocenters. The summed E-state index contributed by atoms with van der Waals surface area (Å²) in [5, 5.41) is 5.10. The Hall–Kier alpha value is -2.13. The molecule has 3 rings (SSSR count). The predicted octanol–water partition coefficient (Wildman–Crippen LogP) is 3.31. The molecule has 3 aromatic rings. The van der Waals surface area contributed by atoms with Crippen molar-refractivity contribution in [1.82, 2.24) is 24.5 Å². The average Bonchev–Trinajstić information content (AvgIpc) is 3.09. The topological polar surface area (TPSA) is 72.6 Å². The van der Waals surface area contributed by atoms with E-state index in [1.807, 2.05) is 44.4 Å². The minimum Gasteiger partial charge on any atom is -0.492 e. The Morgan fingerprint density at radius 3 is 2.64 bits per heavy atom. The van der Waals surface area contributed by atoms with Crippen LogP contribution in [0.1, 0.15) is 17.0 Å². The second-order valence-corrected chi connectivity index (χ2v) is 8.06. The van der Waals surface area contributed by atoms with Crippen molar-refractivity contribution in [2.24, 2.45) is 0 Å². The summed E-state index contributed by atoms with van der Waals surface area (Å²) in [4.78, 5) is 23.2. The fourth-order valence-corrected chi connectivity index (χ4v) is 3.38. The molecule has 2 aromatic heterocycles. The largest absolute Gasteiger partial charge is 0.492 e. The molecule has 0 radical (unpaired) electrons. The van der Waals surface area contributed by atoms with Crippen molar-refractivity contribution in [3.63, 3.8) is 0 Å². The number of aryl methyl sites for hydroxylation is 2. The van der Waals surface area contributed by atoms with Crippen LogP contribution in [-0.2, 0) is 11.2 Å². The summed E-state index contributed by atoms with van der Waals surface area (Å²) in [7, 11) is 1.78. The number of benzene rings is 1. The Morgan fingerprint density at radius 2 is 1.96 bits per heavy atom. The lowest BCUT2D eigenvalue weighted by molar-refractivity contribution is -0.129. The van der Waals surface area contributed by atoms with Gasteiger partial charge in [-0.3, -0.25) is 4.79 Å². The molecule has 28 heavy (non-hydrogen) atoms. The number of carbonyl (C=O) groups is 1. The molecule has 0 N–H and O–H groups in total. The Bertz CT molecular complexity index is 990. The van der Waals surface area contributed by atoms with Gasteiger partial charge in [-0.2, -0.15) is 4.98 Å². The number of nitrogens with zero attached hydrogens (tertiary/aromatic N) is 5. The highest BCUT2D eigenvalue weighted by Crippen LogP contribution is 2.18. The van der Waals surface area contributed by atoms with Crippen LogP contribution >= 0.6 is 27.7 Å². The van der Waals surface area contributed by atoms with Gasteiger partial charge in [-0.05, 0) is 44.4 Å². The van der Waals surface area contributed by atoms with Gasteiger partial charge in [-0.25, -0.2) is 9.50 Å². The summed E-state index contributed by atoms with van der Waals surface area (Å²) in [5.74, 6) is 1.35. The lowest BCUT2D eigenvalue weighted by atomic mass is 10.1. The zero-order valence-electron chi connectivity index (χ0n) is 16.3. The van der Waals surface area contributed by atoms with Crippen molar-refractivity contribution in [1.29, 1.82) is 0 Å². The van der Waals surface area contributed by atoms with Crippen molar-refractivity contribution < 1.29 is 9.53 Å². The molecule has 0 atom stereocenters. The smallest absolute Gasteiger partial charge is 0.253 e. The van der Waals surface area contributed by atoms with E-state index in [4.69, 9.17) is 4.74 Å². The highest BCUT2D eigenvalue weighted by molar-refractivity contribution is 9.10. The monoisotopic (exact) mass is 463 g/mol. The minimum atomic E-state index is 0.0111. The lowest BCUT2D eigenvalue weighted by Crippen LogP contribution is -2.32. The first-order valence-electron chi connectivity index (χ1n) is 8.78. The number of carbonyl (C=O) groups excluding carboxylic acids is 1. The normalized spacial score (nSPS) is 11.0.